The summed E-state index contributed by atoms with van der Waals surface area (Å²) in [5.74, 6) is -1.14. The summed E-state index contributed by atoms with van der Waals surface area (Å²) in [6.07, 6.45) is -1.87. The Morgan fingerprint density at radius 3 is 2.39 bits per heavy atom. The summed E-state index contributed by atoms with van der Waals surface area (Å²) in [6.45, 7) is 1.93. The molecule has 9 heteroatoms. The van der Waals surface area contributed by atoms with Crippen molar-refractivity contribution in [3.63, 3.8) is 0 Å². The molecule has 0 fully saturated rings. The molecule has 0 spiro atoms. The van der Waals surface area contributed by atoms with E-state index in [4.69, 9.17) is 21.4 Å². The fourth-order valence-electron chi connectivity index (χ4n) is 2.37. The van der Waals surface area contributed by atoms with Crippen LogP contribution >= 0.6 is 43.5 Å². The van der Waals surface area contributed by atoms with Gasteiger partial charge >= 0.3 is 5.97 Å². The van der Waals surface area contributed by atoms with Crippen LogP contribution in [0.25, 0.3) is 0 Å². The van der Waals surface area contributed by atoms with Crippen LogP contribution in [0.1, 0.15) is 24.5 Å². The molecule has 2 aromatic carbocycles. The predicted octanol–water partition coefficient (Wildman–Crippen LogP) is 5.76. The third-order valence-corrected chi connectivity index (χ3v) is 5.08. The average molecular weight is 538 g/mol. The Morgan fingerprint density at radius 1 is 1.18 bits per heavy atom. The molecule has 1 amide bonds. The number of amides is 1. The summed E-state index contributed by atoms with van der Waals surface area (Å²) in [4.78, 5) is 22.2. The van der Waals surface area contributed by atoms with E-state index in [1.165, 1.54) is 0 Å². The maximum Gasteiger partial charge on any atom is 0.338 e. The van der Waals surface area contributed by atoms with E-state index >= 15 is 0 Å². The minimum atomic E-state index is -1.98. The lowest BCUT2D eigenvalue weighted by molar-refractivity contribution is -0.142. The van der Waals surface area contributed by atoms with Crippen molar-refractivity contribution in [1.29, 1.82) is 0 Å². The highest BCUT2D eigenvalue weighted by atomic mass is 79.9. The predicted molar refractivity (Wildman–Crippen MR) is 113 cm³/mol. The van der Waals surface area contributed by atoms with Gasteiger partial charge in [-0.15, -0.1) is 0 Å². The number of anilines is 1. The lowest BCUT2D eigenvalue weighted by Crippen LogP contribution is -2.17. The first kappa shape index (κ1) is 22.6. The van der Waals surface area contributed by atoms with Gasteiger partial charge in [-0.05, 0) is 73.3 Å². The summed E-state index contributed by atoms with van der Waals surface area (Å²) < 4.78 is 20.4. The number of carboxylic acid groups (broad SMARTS) is 1. The molecule has 0 saturated carbocycles. The highest BCUT2D eigenvalue weighted by Crippen LogP contribution is 2.36. The van der Waals surface area contributed by atoms with Crippen molar-refractivity contribution in [3.05, 3.63) is 55.4 Å². The highest BCUT2D eigenvalue weighted by molar-refractivity contribution is 9.11. The van der Waals surface area contributed by atoms with Gasteiger partial charge in [-0.2, -0.15) is 0 Å². The summed E-state index contributed by atoms with van der Waals surface area (Å²) in [6, 6.07) is 8.35. The van der Waals surface area contributed by atoms with Crippen LogP contribution in [0.5, 0.6) is 5.75 Å². The summed E-state index contributed by atoms with van der Waals surface area (Å²) in [5, 5.41) is 11.9. The van der Waals surface area contributed by atoms with E-state index in [2.05, 4.69) is 37.2 Å². The lowest BCUT2D eigenvalue weighted by atomic mass is 10.1. The molecule has 0 radical (unpaired) electrons. The first-order valence-electron chi connectivity index (χ1n) is 8.26. The van der Waals surface area contributed by atoms with Gasteiger partial charge in [0.15, 0.2) is 0 Å². The number of rotatable bonds is 8. The summed E-state index contributed by atoms with van der Waals surface area (Å²) >= 11 is 12.8. The van der Waals surface area contributed by atoms with Gasteiger partial charge in [-0.1, -0.05) is 18.5 Å². The molecule has 0 heterocycles. The molecule has 2 aromatic rings. The number of hydrogen-bond donors (Lipinski definition) is 2. The second-order valence-electron chi connectivity index (χ2n) is 5.94. The SMILES string of the molecule is CCC(=O)Nc1cc(Cl)cc(COc2c(Br)cc(CC(F)C(=O)O)cc2Br)c1. The minimum Gasteiger partial charge on any atom is -0.487 e. The number of ether oxygens (including phenoxy) is 1. The van der Waals surface area contributed by atoms with Crippen molar-refractivity contribution < 1.29 is 23.8 Å². The molecule has 0 aliphatic rings. The van der Waals surface area contributed by atoms with Gasteiger partial charge in [0.1, 0.15) is 12.4 Å². The number of carbonyl (C=O) groups is 2. The van der Waals surface area contributed by atoms with Crippen molar-refractivity contribution in [2.24, 2.45) is 0 Å². The number of hydrogen-bond acceptors (Lipinski definition) is 3. The van der Waals surface area contributed by atoms with E-state index in [1.807, 2.05) is 0 Å². The molecule has 1 atom stereocenters. The quantitative estimate of drug-likeness (QED) is 0.449. The Hall–Kier alpha value is -1.64. The van der Waals surface area contributed by atoms with Crippen LogP contribution in [0, 0.1) is 0 Å². The van der Waals surface area contributed by atoms with Crippen molar-refractivity contribution in [1.82, 2.24) is 0 Å². The third kappa shape index (κ3) is 6.46. The van der Waals surface area contributed by atoms with Crippen LogP contribution in [0.3, 0.4) is 0 Å². The molecule has 2 N–H and O–H groups in total. The van der Waals surface area contributed by atoms with Gasteiger partial charge in [-0.25, -0.2) is 9.18 Å². The van der Waals surface area contributed by atoms with Gasteiger partial charge in [-0.3, -0.25) is 4.79 Å². The zero-order chi connectivity index (χ0) is 20.8. The van der Waals surface area contributed by atoms with Crippen LogP contribution in [0.2, 0.25) is 5.02 Å². The number of benzene rings is 2. The molecule has 5 nitrogen and oxygen atoms in total. The Morgan fingerprint density at radius 2 is 1.82 bits per heavy atom. The normalized spacial score (nSPS) is 11.8. The molecule has 28 heavy (non-hydrogen) atoms. The average Bonchev–Trinajstić information content (AvgIpc) is 2.60. The second-order valence-corrected chi connectivity index (χ2v) is 8.08. The zero-order valence-electron chi connectivity index (χ0n) is 14.8. The molecule has 150 valence electrons. The fraction of sp³-hybridized carbons (Fsp3) is 0.263. The zero-order valence-corrected chi connectivity index (χ0v) is 18.7. The summed E-state index contributed by atoms with van der Waals surface area (Å²) in [5.41, 5.74) is 1.83. The monoisotopic (exact) mass is 535 g/mol. The molecule has 0 aliphatic heterocycles. The van der Waals surface area contributed by atoms with Crippen molar-refractivity contribution in [2.45, 2.75) is 32.5 Å². The summed E-state index contributed by atoms with van der Waals surface area (Å²) in [7, 11) is 0. The second kappa shape index (κ2) is 10.2. The van der Waals surface area contributed by atoms with E-state index in [0.29, 0.717) is 37.4 Å². The van der Waals surface area contributed by atoms with Crippen LogP contribution < -0.4 is 10.1 Å². The largest absolute Gasteiger partial charge is 0.487 e. The number of alkyl halides is 1. The number of halogens is 4. The molecule has 0 saturated heterocycles. The molecule has 0 bridgehead atoms. The number of carbonyl (C=O) groups excluding carboxylic acids is 1. The maximum atomic E-state index is 13.4. The van der Waals surface area contributed by atoms with Gasteiger partial charge < -0.3 is 15.2 Å². The first-order valence-corrected chi connectivity index (χ1v) is 10.2. The molecule has 0 aliphatic carbocycles. The number of aliphatic carboxylic acids is 1. The number of nitrogens with one attached hydrogen (secondary N) is 1. The van der Waals surface area contributed by atoms with Gasteiger partial charge in [0.05, 0.1) is 8.95 Å². The highest BCUT2D eigenvalue weighted by Gasteiger charge is 2.18. The van der Waals surface area contributed by atoms with E-state index < -0.39 is 12.1 Å². The van der Waals surface area contributed by atoms with E-state index in [1.54, 1.807) is 37.3 Å². The van der Waals surface area contributed by atoms with E-state index in [9.17, 15) is 14.0 Å². The van der Waals surface area contributed by atoms with Crippen LogP contribution in [0.15, 0.2) is 39.3 Å². The van der Waals surface area contributed by atoms with Gasteiger partial charge in [0, 0.05) is 23.6 Å². The van der Waals surface area contributed by atoms with Crippen LogP contribution in [-0.4, -0.2) is 23.2 Å². The van der Waals surface area contributed by atoms with E-state index in [0.717, 1.165) is 5.56 Å². The van der Waals surface area contributed by atoms with Crippen molar-refractivity contribution in [3.8, 4) is 5.75 Å². The number of carboxylic acids is 1. The molecular weight excluding hydrogens is 520 g/mol. The molecule has 2 rings (SSSR count). The third-order valence-electron chi connectivity index (χ3n) is 3.69. The fourth-order valence-corrected chi connectivity index (χ4v) is 4.14. The van der Waals surface area contributed by atoms with E-state index in [-0.39, 0.29) is 18.9 Å². The lowest BCUT2D eigenvalue weighted by Gasteiger charge is -2.14. The van der Waals surface area contributed by atoms with Crippen molar-refractivity contribution >= 4 is 61.0 Å². The van der Waals surface area contributed by atoms with Crippen molar-refractivity contribution in [2.75, 3.05) is 5.32 Å². The Labute approximate surface area is 183 Å². The first-order chi connectivity index (χ1) is 13.2. The van der Waals surface area contributed by atoms with Gasteiger partial charge in [0.2, 0.25) is 12.1 Å². The molecular formula is C19H17Br2ClFNO4. The minimum absolute atomic E-state index is 0.122. The maximum absolute atomic E-state index is 13.4. The Kier molecular flexibility index (Phi) is 8.27. The standard InChI is InChI=1S/C19H17Br2ClFNO4/c1-2-17(25)24-13-4-11(3-12(22)8-13)9-28-18-14(20)5-10(6-15(18)21)7-16(23)19(26)27/h3-6,8,16H,2,7,9H2,1H3,(H,24,25)(H,26,27). The van der Waals surface area contributed by atoms with Crippen LogP contribution in [-0.2, 0) is 22.6 Å². The topological polar surface area (TPSA) is 75.6 Å². The Bertz CT molecular complexity index is 871. The van der Waals surface area contributed by atoms with Gasteiger partial charge in [0.25, 0.3) is 0 Å². The molecule has 1 unspecified atom stereocenters. The Balaban J connectivity index is 2.14. The smallest absolute Gasteiger partial charge is 0.338 e. The van der Waals surface area contributed by atoms with Crippen LogP contribution in [0.4, 0.5) is 10.1 Å². The molecule has 0 aromatic heterocycles.